The number of benzene rings is 1. The largest absolute Gasteiger partial charge is 0.309 e. The molecule has 1 heterocycles. The average Bonchev–Trinajstić information content (AvgIpc) is 2.29. The smallest absolute Gasteiger partial charge is 0.124 e. The Morgan fingerprint density at radius 3 is 2.71 bits per heavy atom. The Labute approximate surface area is 108 Å². The van der Waals surface area contributed by atoms with Crippen LogP contribution in [0.2, 0.25) is 0 Å². The molecule has 0 radical (unpaired) electrons. The van der Waals surface area contributed by atoms with Crippen molar-refractivity contribution >= 4 is 15.9 Å². The second-order valence-electron chi connectivity index (χ2n) is 3.74. The first-order valence-electron chi connectivity index (χ1n) is 5.28. The maximum atomic E-state index is 13.1. The SMILES string of the molecule is Fc1cc(Br)cc(CNCc2cccnc2)c1. The number of nitrogens with one attached hydrogen (secondary N) is 1. The van der Waals surface area contributed by atoms with Crippen molar-refractivity contribution in [3.8, 4) is 0 Å². The van der Waals surface area contributed by atoms with Gasteiger partial charge in [0.25, 0.3) is 0 Å². The van der Waals surface area contributed by atoms with Crippen molar-refractivity contribution in [2.45, 2.75) is 13.1 Å². The van der Waals surface area contributed by atoms with Gasteiger partial charge in [-0.3, -0.25) is 4.98 Å². The van der Waals surface area contributed by atoms with E-state index in [-0.39, 0.29) is 5.82 Å². The van der Waals surface area contributed by atoms with Crippen molar-refractivity contribution < 1.29 is 4.39 Å². The van der Waals surface area contributed by atoms with Crippen LogP contribution in [0, 0.1) is 5.82 Å². The molecule has 4 heteroatoms. The lowest BCUT2D eigenvalue weighted by atomic mass is 10.2. The molecule has 2 rings (SSSR count). The lowest BCUT2D eigenvalue weighted by Gasteiger charge is -2.05. The molecule has 0 aliphatic carbocycles. The number of hydrogen-bond donors (Lipinski definition) is 1. The summed E-state index contributed by atoms with van der Waals surface area (Å²) in [7, 11) is 0. The zero-order valence-electron chi connectivity index (χ0n) is 9.16. The van der Waals surface area contributed by atoms with E-state index in [2.05, 4.69) is 26.2 Å². The molecule has 0 aliphatic rings. The van der Waals surface area contributed by atoms with Gasteiger partial charge in [-0.15, -0.1) is 0 Å². The van der Waals surface area contributed by atoms with Gasteiger partial charge in [0, 0.05) is 30.0 Å². The van der Waals surface area contributed by atoms with E-state index >= 15 is 0 Å². The van der Waals surface area contributed by atoms with Gasteiger partial charge in [-0.25, -0.2) is 4.39 Å². The highest BCUT2D eigenvalue weighted by Gasteiger charge is 1.99. The van der Waals surface area contributed by atoms with Crippen LogP contribution in [0.5, 0.6) is 0 Å². The highest BCUT2D eigenvalue weighted by Crippen LogP contribution is 2.14. The molecule has 0 atom stereocenters. The van der Waals surface area contributed by atoms with Crippen molar-refractivity contribution in [2.75, 3.05) is 0 Å². The minimum absolute atomic E-state index is 0.224. The zero-order valence-corrected chi connectivity index (χ0v) is 10.7. The van der Waals surface area contributed by atoms with Crippen LogP contribution in [0.4, 0.5) is 4.39 Å². The van der Waals surface area contributed by atoms with Crippen LogP contribution in [0.3, 0.4) is 0 Å². The molecule has 0 fully saturated rings. The number of hydrogen-bond acceptors (Lipinski definition) is 2. The first-order chi connectivity index (χ1) is 8.24. The Hall–Kier alpha value is -1.26. The van der Waals surface area contributed by atoms with Crippen LogP contribution < -0.4 is 5.32 Å². The Bertz CT molecular complexity index is 468. The second kappa shape index (κ2) is 5.89. The van der Waals surface area contributed by atoms with Crippen LogP contribution in [0.25, 0.3) is 0 Å². The summed E-state index contributed by atoms with van der Waals surface area (Å²) in [5, 5.41) is 3.24. The monoisotopic (exact) mass is 294 g/mol. The van der Waals surface area contributed by atoms with Crippen LogP contribution in [-0.4, -0.2) is 4.98 Å². The summed E-state index contributed by atoms with van der Waals surface area (Å²) in [6.07, 6.45) is 3.56. The summed E-state index contributed by atoms with van der Waals surface area (Å²) in [5.41, 5.74) is 2.03. The minimum atomic E-state index is -0.224. The van der Waals surface area contributed by atoms with Crippen LogP contribution in [0.15, 0.2) is 47.2 Å². The Morgan fingerprint density at radius 2 is 2.00 bits per heavy atom. The molecular formula is C13H12BrFN2. The molecule has 2 aromatic rings. The van der Waals surface area contributed by atoms with E-state index in [1.54, 1.807) is 6.20 Å². The Balaban J connectivity index is 1.90. The first kappa shape index (κ1) is 12.2. The predicted octanol–water partition coefficient (Wildman–Crippen LogP) is 3.27. The molecule has 0 amide bonds. The van der Waals surface area contributed by atoms with Gasteiger partial charge in [-0.2, -0.15) is 0 Å². The minimum Gasteiger partial charge on any atom is -0.309 e. The molecule has 0 saturated carbocycles. The van der Waals surface area contributed by atoms with Gasteiger partial charge >= 0.3 is 0 Å². The van der Waals surface area contributed by atoms with E-state index in [0.29, 0.717) is 6.54 Å². The molecule has 1 aromatic carbocycles. The maximum absolute atomic E-state index is 13.1. The normalized spacial score (nSPS) is 10.5. The molecule has 1 aromatic heterocycles. The molecule has 0 unspecified atom stereocenters. The zero-order chi connectivity index (χ0) is 12.1. The molecule has 0 saturated heterocycles. The van der Waals surface area contributed by atoms with Gasteiger partial charge in [0.2, 0.25) is 0 Å². The first-order valence-corrected chi connectivity index (χ1v) is 6.08. The summed E-state index contributed by atoms with van der Waals surface area (Å²) >= 11 is 3.27. The van der Waals surface area contributed by atoms with Crippen molar-refractivity contribution in [1.29, 1.82) is 0 Å². The summed E-state index contributed by atoms with van der Waals surface area (Å²) < 4.78 is 13.9. The fourth-order valence-electron chi connectivity index (χ4n) is 1.57. The number of nitrogens with zero attached hydrogens (tertiary/aromatic N) is 1. The fourth-order valence-corrected chi connectivity index (χ4v) is 2.08. The predicted molar refractivity (Wildman–Crippen MR) is 68.9 cm³/mol. The van der Waals surface area contributed by atoms with E-state index in [1.165, 1.54) is 12.1 Å². The second-order valence-corrected chi connectivity index (χ2v) is 4.66. The quantitative estimate of drug-likeness (QED) is 0.936. The standard InChI is InChI=1S/C13H12BrFN2/c14-12-4-11(5-13(15)6-12)9-17-8-10-2-1-3-16-7-10/h1-7,17H,8-9H2. The van der Waals surface area contributed by atoms with Gasteiger partial charge in [0.15, 0.2) is 0 Å². The van der Waals surface area contributed by atoms with E-state index in [9.17, 15) is 4.39 Å². The van der Waals surface area contributed by atoms with Crippen molar-refractivity contribution in [2.24, 2.45) is 0 Å². The van der Waals surface area contributed by atoms with Crippen molar-refractivity contribution in [3.63, 3.8) is 0 Å². The third kappa shape index (κ3) is 3.91. The molecule has 0 bridgehead atoms. The van der Waals surface area contributed by atoms with Crippen LogP contribution >= 0.6 is 15.9 Å². The number of halogens is 2. The highest BCUT2D eigenvalue weighted by atomic mass is 79.9. The van der Waals surface area contributed by atoms with Crippen LogP contribution in [-0.2, 0) is 13.1 Å². The number of aromatic nitrogens is 1. The van der Waals surface area contributed by atoms with Gasteiger partial charge in [0.05, 0.1) is 0 Å². The lowest BCUT2D eigenvalue weighted by molar-refractivity contribution is 0.619. The molecule has 2 nitrogen and oxygen atoms in total. The highest BCUT2D eigenvalue weighted by molar-refractivity contribution is 9.10. The molecule has 1 N–H and O–H groups in total. The fraction of sp³-hybridized carbons (Fsp3) is 0.154. The van der Waals surface area contributed by atoms with Gasteiger partial charge in [0.1, 0.15) is 5.82 Å². The third-order valence-corrected chi connectivity index (χ3v) is 2.76. The lowest BCUT2D eigenvalue weighted by Crippen LogP contribution is -2.12. The third-order valence-electron chi connectivity index (χ3n) is 2.30. The number of rotatable bonds is 4. The van der Waals surface area contributed by atoms with Crippen molar-refractivity contribution in [1.82, 2.24) is 10.3 Å². The molecular weight excluding hydrogens is 283 g/mol. The van der Waals surface area contributed by atoms with Crippen LogP contribution in [0.1, 0.15) is 11.1 Å². The maximum Gasteiger partial charge on any atom is 0.124 e. The van der Waals surface area contributed by atoms with E-state index in [1.807, 2.05) is 24.4 Å². The van der Waals surface area contributed by atoms with Gasteiger partial charge in [-0.1, -0.05) is 22.0 Å². The number of pyridine rings is 1. The summed E-state index contributed by atoms with van der Waals surface area (Å²) in [4.78, 5) is 4.03. The van der Waals surface area contributed by atoms with Gasteiger partial charge in [-0.05, 0) is 35.4 Å². The van der Waals surface area contributed by atoms with E-state index in [0.717, 1.165) is 22.1 Å². The average molecular weight is 295 g/mol. The van der Waals surface area contributed by atoms with E-state index in [4.69, 9.17) is 0 Å². The molecule has 0 spiro atoms. The molecule has 88 valence electrons. The van der Waals surface area contributed by atoms with E-state index < -0.39 is 0 Å². The van der Waals surface area contributed by atoms with Crippen molar-refractivity contribution in [3.05, 3.63) is 64.1 Å². The molecule has 17 heavy (non-hydrogen) atoms. The van der Waals surface area contributed by atoms with Gasteiger partial charge < -0.3 is 5.32 Å². The topological polar surface area (TPSA) is 24.9 Å². The molecule has 0 aliphatic heterocycles. The Kier molecular flexibility index (Phi) is 4.23. The Morgan fingerprint density at radius 1 is 1.18 bits per heavy atom. The summed E-state index contributed by atoms with van der Waals surface area (Å²) in [6.45, 7) is 1.35. The summed E-state index contributed by atoms with van der Waals surface area (Å²) in [6, 6.07) is 8.78. The summed E-state index contributed by atoms with van der Waals surface area (Å²) in [5.74, 6) is -0.224.